The van der Waals surface area contributed by atoms with Crippen LogP contribution >= 0.6 is 34.5 Å². The molecule has 0 fully saturated rings. The number of carbonyl (C=O) groups excluding carboxylic acids is 1. The van der Waals surface area contributed by atoms with Crippen LogP contribution in [0.15, 0.2) is 48.0 Å². The summed E-state index contributed by atoms with van der Waals surface area (Å²) in [7, 11) is 0. The maximum absolute atomic E-state index is 12.1. The van der Waals surface area contributed by atoms with Gasteiger partial charge in [-0.25, -0.2) is 9.78 Å². The standard InChI is InChI=1S/C17H13Cl2N3O2S/c1-10-8-12(3-4-13(10)19)24-15-5-2-11(18)9-14(15)21-16(23)22-17-20-6-7-25-17/h2-9H,1H3,(H2,20,21,22,23). The average Bonchev–Trinajstić information content (AvgIpc) is 3.06. The van der Waals surface area contributed by atoms with E-state index in [4.69, 9.17) is 27.9 Å². The lowest BCUT2D eigenvalue weighted by molar-refractivity contribution is 0.262. The van der Waals surface area contributed by atoms with Gasteiger partial charge in [0.05, 0.1) is 5.69 Å². The molecule has 0 atom stereocenters. The van der Waals surface area contributed by atoms with E-state index in [-0.39, 0.29) is 0 Å². The van der Waals surface area contributed by atoms with Crippen molar-refractivity contribution in [1.29, 1.82) is 0 Å². The van der Waals surface area contributed by atoms with E-state index in [0.717, 1.165) is 5.56 Å². The van der Waals surface area contributed by atoms with Gasteiger partial charge in [-0.15, -0.1) is 11.3 Å². The number of urea groups is 1. The third kappa shape index (κ3) is 4.63. The molecule has 1 heterocycles. The van der Waals surface area contributed by atoms with Crippen molar-refractivity contribution in [2.75, 3.05) is 10.6 Å². The molecule has 0 bridgehead atoms. The number of hydrogen-bond donors (Lipinski definition) is 2. The highest BCUT2D eigenvalue weighted by Gasteiger charge is 2.11. The van der Waals surface area contributed by atoms with Crippen LogP contribution in [0.1, 0.15) is 5.56 Å². The molecule has 0 aliphatic heterocycles. The highest BCUT2D eigenvalue weighted by atomic mass is 35.5. The minimum Gasteiger partial charge on any atom is -0.455 e. The number of amides is 2. The summed E-state index contributed by atoms with van der Waals surface area (Å²) in [5.41, 5.74) is 1.33. The number of anilines is 2. The smallest absolute Gasteiger partial charge is 0.325 e. The highest BCUT2D eigenvalue weighted by molar-refractivity contribution is 7.13. The van der Waals surface area contributed by atoms with E-state index in [9.17, 15) is 4.79 Å². The molecule has 8 heteroatoms. The molecule has 2 N–H and O–H groups in total. The zero-order chi connectivity index (χ0) is 17.8. The molecule has 128 valence electrons. The summed E-state index contributed by atoms with van der Waals surface area (Å²) in [5, 5.41) is 8.75. The van der Waals surface area contributed by atoms with Crippen molar-refractivity contribution >= 4 is 51.4 Å². The fraction of sp³-hybridized carbons (Fsp3) is 0.0588. The van der Waals surface area contributed by atoms with Gasteiger partial charge in [0.2, 0.25) is 0 Å². The SMILES string of the molecule is Cc1cc(Oc2ccc(Cl)cc2NC(=O)Nc2nccs2)ccc1Cl. The van der Waals surface area contributed by atoms with Crippen LogP contribution in [-0.4, -0.2) is 11.0 Å². The summed E-state index contributed by atoms with van der Waals surface area (Å²) in [5.74, 6) is 1.06. The monoisotopic (exact) mass is 393 g/mol. The van der Waals surface area contributed by atoms with Gasteiger partial charge in [-0.1, -0.05) is 23.2 Å². The number of benzene rings is 2. The van der Waals surface area contributed by atoms with Crippen molar-refractivity contribution in [3.8, 4) is 11.5 Å². The molecule has 0 saturated heterocycles. The minimum absolute atomic E-state index is 0.436. The number of aryl methyl sites for hydroxylation is 1. The quantitative estimate of drug-likeness (QED) is 0.554. The predicted octanol–water partition coefficient (Wildman–Crippen LogP) is 6.19. The molecule has 3 aromatic rings. The molecule has 0 spiro atoms. The van der Waals surface area contributed by atoms with Crippen molar-refractivity contribution in [2.45, 2.75) is 6.92 Å². The Balaban J connectivity index is 1.79. The zero-order valence-corrected chi connectivity index (χ0v) is 15.4. The van der Waals surface area contributed by atoms with Crippen molar-refractivity contribution in [3.63, 3.8) is 0 Å². The number of carbonyl (C=O) groups is 1. The van der Waals surface area contributed by atoms with Crippen LogP contribution in [0.25, 0.3) is 0 Å². The second-order valence-corrected chi connectivity index (χ2v) is 6.81. The summed E-state index contributed by atoms with van der Waals surface area (Å²) in [6, 6.07) is 9.87. The van der Waals surface area contributed by atoms with Gasteiger partial charge in [0.1, 0.15) is 5.75 Å². The second-order valence-electron chi connectivity index (χ2n) is 5.07. The van der Waals surface area contributed by atoms with Crippen LogP contribution < -0.4 is 15.4 Å². The van der Waals surface area contributed by atoms with Gasteiger partial charge < -0.3 is 10.1 Å². The number of thiazole rings is 1. The Hall–Kier alpha value is -2.28. The fourth-order valence-corrected chi connectivity index (χ4v) is 2.85. The van der Waals surface area contributed by atoms with Crippen molar-refractivity contribution < 1.29 is 9.53 Å². The van der Waals surface area contributed by atoms with Crippen LogP contribution in [0, 0.1) is 6.92 Å². The molecule has 25 heavy (non-hydrogen) atoms. The third-order valence-electron chi connectivity index (χ3n) is 3.20. The lowest BCUT2D eigenvalue weighted by Crippen LogP contribution is -2.19. The average molecular weight is 394 g/mol. The Kier molecular flexibility index (Phi) is 5.43. The molecular formula is C17H13Cl2N3O2S. The second kappa shape index (κ2) is 7.74. The molecular weight excluding hydrogens is 381 g/mol. The zero-order valence-electron chi connectivity index (χ0n) is 13.0. The van der Waals surface area contributed by atoms with Crippen molar-refractivity contribution in [3.05, 3.63) is 63.6 Å². The Bertz CT molecular complexity index is 901. The summed E-state index contributed by atoms with van der Waals surface area (Å²) in [6.07, 6.45) is 1.61. The molecule has 3 rings (SSSR count). The van der Waals surface area contributed by atoms with E-state index in [0.29, 0.717) is 32.4 Å². The molecule has 0 unspecified atom stereocenters. The lowest BCUT2D eigenvalue weighted by atomic mass is 10.2. The summed E-state index contributed by atoms with van der Waals surface area (Å²) in [6.45, 7) is 1.89. The van der Waals surface area contributed by atoms with Crippen LogP contribution in [0.5, 0.6) is 11.5 Å². The molecule has 0 aliphatic rings. The molecule has 2 aromatic carbocycles. The van der Waals surface area contributed by atoms with E-state index < -0.39 is 6.03 Å². The van der Waals surface area contributed by atoms with Gasteiger partial charge in [0, 0.05) is 21.6 Å². The summed E-state index contributed by atoms with van der Waals surface area (Å²) >= 11 is 13.4. The number of nitrogens with zero attached hydrogens (tertiary/aromatic N) is 1. The van der Waals surface area contributed by atoms with Gasteiger partial charge in [-0.05, 0) is 48.9 Å². The molecule has 0 radical (unpaired) electrons. The van der Waals surface area contributed by atoms with Crippen LogP contribution in [0.4, 0.5) is 15.6 Å². The predicted molar refractivity (Wildman–Crippen MR) is 102 cm³/mol. The number of nitrogens with one attached hydrogen (secondary N) is 2. The Morgan fingerprint density at radius 1 is 1.16 bits per heavy atom. The third-order valence-corrected chi connectivity index (χ3v) is 4.55. The molecule has 1 aromatic heterocycles. The van der Waals surface area contributed by atoms with Gasteiger partial charge in [-0.2, -0.15) is 0 Å². The van der Waals surface area contributed by atoms with E-state index in [2.05, 4.69) is 15.6 Å². The highest BCUT2D eigenvalue weighted by Crippen LogP contribution is 2.33. The van der Waals surface area contributed by atoms with Crippen LogP contribution in [0.3, 0.4) is 0 Å². The first-order valence-electron chi connectivity index (χ1n) is 7.22. The summed E-state index contributed by atoms with van der Waals surface area (Å²) in [4.78, 5) is 16.1. The van der Waals surface area contributed by atoms with Crippen LogP contribution in [0.2, 0.25) is 10.0 Å². The molecule has 5 nitrogen and oxygen atoms in total. The molecule has 2 amide bonds. The number of halogens is 2. The fourth-order valence-electron chi connectivity index (χ4n) is 2.03. The number of rotatable bonds is 4. The maximum Gasteiger partial charge on any atom is 0.325 e. The van der Waals surface area contributed by atoms with E-state index in [1.807, 2.05) is 13.0 Å². The van der Waals surface area contributed by atoms with Crippen molar-refractivity contribution in [2.24, 2.45) is 0 Å². The summed E-state index contributed by atoms with van der Waals surface area (Å²) < 4.78 is 5.86. The van der Waals surface area contributed by atoms with Gasteiger partial charge in [0.25, 0.3) is 0 Å². The number of hydrogen-bond acceptors (Lipinski definition) is 4. The van der Waals surface area contributed by atoms with Gasteiger partial charge in [-0.3, -0.25) is 5.32 Å². The first-order valence-corrected chi connectivity index (χ1v) is 8.86. The number of ether oxygens (including phenoxy) is 1. The van der Waals surface area contributed by atoms with Gasteiger partial charge in [0.15, 0.2) is 10.9 Å². The van der Waals surface area contributed by atoms with Gasteiger partial charge >= 0.3 is 6.03 Å². The topological polar surface area (TPSA) is 63.2 Å². The Labute approximate surface area is 158 Å². The van der Waals surface area contributed by atoms with Crippen molar-refractivity contribution in [1.82, 2.24) is 4.98 Å². The van der Waals surface area contributed by atoms with Crippen LogP contribution in [-0.2, 0) is 0 Å². The largest absolute Gasteiger partial charge is 0.455 e. The Morgan fingerprint density at radius 2 is 2.00 bits per heavy atom. The normalized spacial score (nSPS) is 10.4. The maximum atomic E-state index is 12.1. The Morgan fingerprint density at radius 3 is 2.72 bits per heavy atom. The first-order chi connectivity index (χ1) is 12.0. The van der Waals surface area contributed by atoms with E-state index >= 15 is 0 Å². The minimum atomic E-state index is -0.436. The first kappa shape index (κ1) is 17.5. The van der Waals surface area contributed by atoms with E-state index in [1.54, 1.807) is 41.9 Å². The number of aromatic nitrogens is 1. The van der Waals surface area contributed by atoms with E-state index in [1.165, 1.54) is 11.3 Å². The molecule has 0 aliphatic carbocycles. The molecule has 0 saturated carbocycles. The lowest BCUT2D eigenvalue weighted by Gasteiger charge is -2.13.